The SMILES string of the molecule is CCOC(=O)C(C)NCc1cc2ccccc2o1. The third-order valence-corrected chi connectivity index (χ3v) is 2.70. The maximum atomic E-state index is 11.4. The number of fused-ring (bicyclic) bond motifs is 1. The summed E-state index contributed by atoms with van der Waals surface area (Å²) in [5, 5.41) is 4.14. The summed E-state index contributed by atoms with van der Waals surface area (Å²) >= 11 is 0. The minimum absolute atomic E-state index is 0.242. The molecule has 0 saturated heterocycles. The maximum Gasteiger partial charge on any atom is 0.322 e. The van der Waals surface area contributed by atoms with Crippen LogP contribution < -0.4 is 5.32 Å². The Bertz CT molecular complexity index is 500. The van der Waals surface area contributed by atoms with Crippen molar-refractivity contribution in [2.45, 2.75) is 26.4 Å². The van der Waals surface area contributed by atoms with E-state index >= 15 is 0 Å². The fourth-order valence-corrected chi connectivity index (χ4v) is 1.73. The molecule has 1 heterocycles. The van der Waals surface area contributed by atoms with Gasteiger partial charge in [-0.15, -0.1) is 0 Å². The van der Waals surface area contributed by atoms with Gasteiger partial charge in [0.25, 0.3) is 0 Å². The van der Waals surface area contributed by atoms with E-state index in [1.165, 1.54) is 0 Å². The summed E-state index contributed by atoms with van der Waals surface area (Å²) in [6.45, 7) is 4.48. The largest absolute Gasteiger partial charge is 0.465 e. The molecule has 0 saturated carbocycles. The van der Waals surface area contributed by atoms with Crippen LogP contribution in [0.1, 0.15) is 19.6 Å². The minimum Gasteiger partial charge on any atom is -0.465 e. The number of hydrogen-bond donors (Lipinski definition) is 1. The van der Waals surface area contributed by atoms with Crippen molar-refractivity contribution in [3.05, 3.63) is 36.1 Å². The highest BCUT2D eigenvalue weighted by molar-refractivity contribution is 5.77. The van der Waals surface area contributed by atoms with Crippen molar-refractivity contribution in [1.29, 1.82) is 0 Å². The number of furan rings is 1. The molecule has 96 valence electrons. The fraction of sp³-hybridized carbons (Fsp3) is 0.357. The second-order valence-electron chi connectivity index (χ2n) is 4.11. The maximum absolute atomic E-state index is 11.4. The normalized spacial score (nSPS) is 12.6. The molecule has 1 N–H and O–H groups in total. The fourth-order valence-electron chi connectivity index (χ4n) is 1.73. The number of hydrogen-bond acceptors (Lipinski definition) is 4. The van der Waals surface area contributed by atoms with Crippen LogP contribution in [0, 0.1) is 0 Å². The van der Waals surface area contributed by atoms with Gasteiger partial charge in [-0.05, 0) is 26.0 Å². The molecule has 0 aliphatic rings. The van der Waals surface area contributed by atoms with Gasteiger partial charge < -0.3 is 9.15 Å². The van der Waals surface area contributed by atoms with Crippen molar-refractivity contribution in [3.8, 4) is 0 Å². The van der Waals surface area contributed by atoms with Crippen LogP contribution in [0.2, 0.25) is 0 Å². The van der Waals surface area contributed by atoms with Crippen molar-refractivity contribution in [2.75, 3.05) is 6.61 Å². The Morgan fingerprint density at radius 1 is 1.44 bits per heavy atom. The highest BCUT2D eigenvalue weighted by Gasteiger charge is 2.13. The van der Waals surface area contributed by atoms with Crippen molar-refractivity contribution in [2.24, 2.45) is 0 Å². The summed E-state index contributed by atoms with van der Waals surface area (Å²) in [5.74, 6) is 0.570. The summed E-state index contributed by atoms with van der Waals surface area (Å²) in [7, 11) is 0. The number of nitrogens with one attached hydrogen (secondary N) is 1. The molecule has 0 amide bonds. The van der Waals surface area contributed by atoms with Crippen LogP contribution in [0.25, 0.3) is 11.0 Å². The molecule has 0 aliphatic carbocycles. The molecule has 1 aromatic carbocycles. The highest BCUT2D eigenvalue weighted by atomic mass is 16.5. The molecular weight excluding hydrogens is 230 g/mol. The molecule has 0 spiro atoms. The average Bonchev–Trinajstić information content (AvgIpc) is 2.78. The number of para-hydroxylation sites is 1. The first-order valence-electron chi connectivity index (χ1n) is 6.08. The number of rotatable bonds is 5. The van der Waals surface area contributed by atoms with E-state index in [0.717, 1.165) is 16.7 Å². The van der Waals surface area contributed by atoms with E-state index in [0.29, 0.717) is 13.2 Å². The number of carbonyl (C=O) groups is 1. The van der Waals surface area contributed by atoms with Crippen LogP contribution >= 0.6 is 0 Å². The van der Waals surface area contributed by atoms with E-state index in [2.05, 4.69) is 5.32 Å². The summed E-state index contributed by atoms with van der Waals surface area (Å²) in [5.41, 5.74) is 0.859. The molecule has 2 rings (SSSR count). The zero-order chi connectivity index (χ0) is 13.0. The average molecular weight is 247 g/mol. The van der Waals surface area contributed by atoms with Gasteiger partial charge >= 0.3 is 5.97 Å². The van der Waals surface area contributed by atoms with Gasteiger partial charge in [0.2, 0.25) is 0 Å². The highest BCUT2D eigenvalue weighted by Crippen LogP contribution is 2.18. The molecule has 1 atom stereocenters. The predicted octanol–water partition coefficient (Wildman–Crippen LogP) is 2.47. The van der Waals surface area contributed by atoms with Crippen LogP contribution in [0.15, 0.2) is 34.7 Å². The van der Waals surface area contributed by atoms with Crippen LogP contribution in [0.3, 0.4) is 0 Å². The molecule has 4 nitrogen and oxygen atoms in total. The Labute approximate surface area is 106 Å². The zero-order valence-corrected chi connectivity index (χ0v) is 10.6. The van der Waals surface area contributed by atoms with Crippen LogP contribution in [-0.4, -0.2) is 18.6 Å². The van der Waals surface area contributed by atoms with E-state index in [4.69, 9.17) is 9.15 Å². The lowest BCUT2D eigenvalue weighted by Crippen LogP contribution is -2.34. The predicted molar refractivity (Wildman–Crippen MR) is 69.1 cm³/mol. The Hall–Kier alpha value is -1.81. The third-order valence-electron chi connectivity index (χ3n) is 2.70. The van der Waals surface area contributed by atoms with E-state index in [-0.39, 0.29) is 12.0 Å². The molecule has 1 unspecified atom stereocenters. The van der Waals surface area contributed by atoms with Gasteiger partial charge in [-0.3, -0.25) is 10.1 Å². The Morgan fingerprint density at radius 3 is 2.94 bits per heavy atom. The van der Waals surface area contributed by atoms with Gasteiger partial charge in [-0.1, -0.05) is 18.2 Å². The smallest absolute Gasteiger partial charge is 0.322 e. The van der Waals surface area contributed by atoms with E-state index < -0.39 is 0 Å². The summed E-state index contributed by atoms with van der Waals surface area (Å²) in [6, 6.07) is 9.46. The lowest BCUT2D eigenvalue weighted by atomic mass is 10.2. The van der Waals surface area contributed by atoms with Gasteiger partial charge in [-0.25, -0.2) is 0 Å². The van der Waals surface area contributed by atoms with Gasteiger partial charge in [0.15, 0.2) is 0 Å². The van der Waals surface area contributed by atoms with Crippen molar-refractivity contribution < 1.29 is 13.9 Å². The monoisotopic (exact) mass is 247 g/mol. The lowest BCUT2D eigenvalue weighted by Gasteiger charge is -2.10. The third kappa shape index (κ3) is 2.90. The Morgan fingerprint density at radius 2 is 2.22 bits per heavy atom. The number of esters is 1. The van der Waals surface area contributed by atoms with Crippen LogP contribution in [0.5, 0.6) is 0 Å². The molecule has 4 heteroatoms. The molecule has 0 radical (unpaired) electrons. The Balaban J connectivity index is 1.95. The first-order chi connectivity index (χ1) is 8.70. The number of ether oxygens (including phenoxy) is 1. The van der Waals surface area contributed by atoms with Crippen LogP contribution in [-0.2, 0) is 16.1 Å². The van der Waals surface area contributed by atoms with Gasteiger partial charge in [0, 0.05) is 5.39 Å². The number of carbonyl (C=O) groups excluding carboxylic acids is 1. The molecule has 0 bridgehead atoms. The van der Waals surface area contributed by atoms with Crippen molar-refractivity contribution in [3.63, 3.8) is 0 Å². The molecule has 0 aliphatic heterocycles. The van der Waals surface area contributed by atoms with Crippen LogP contribution in [0.4, 0.5) is 0 Å². The van der Waals surface area contributed by atoms with Gasteiger partial charge in [0.05, 0.1) is 13.2 Å². The number of benzene rings is 1. The van der Waals surface area contributed by atoms with E-state index in [9.17, 15) is 4.79 Å². The molecule has 18 heavy (non-hydrogen) atoms. The summed E-state index contributed by atoms with van der Waals surface area (Å²) < 4.78 is 10.6. The molecule has 0 fully saturated rings. The van der Waals surface area contributed by atoms with E-state index in [1.54, 1.807) is 13.8 Å². The first-order valence-corrected chi connectivity index (χ1v) is 6.08. The summed E-state index contributed by atoms with van der Waals surface area (Å²) in [4.78, 5) is 11.4. The lowest BCUT2D eigenvalue weighted by molar-refractivity contribution is -0.145. The molecule has 1 aromatic heterocycles. The molecular formula is C14H17NO3. The molecule has 2 aromatic rings. The second-order valence-corrected chi connectivity index (χ2v) is 4.11. The Kier molecular flexibility index (Phi) is 3.99. The topological polar surface area (TPSA) is 51.5 Å². The zero-order valence-electron chi connectivity index (χ0n) is 10.6. The minimum atomic E-state index is -0.335. The van der Waals surface area contributed by atoms with Gasteiger partial charge in [-0.2, -0.15) is 0 Å². The van der Waals surface area contributed by atoms with Gasteiger partial charge in [0.1, 0.15) is 17.4 Å². The standard InChI is InChI=1S/C14H17NO3/c1-3-17-14(16)10(2)15-9-12-8-11-6-4-5-7-13(11)18-12/h4-8,10,15H,3,9H2,1-2H3. The quantitative estimate of drug-likeness (QED) is 0.825. The first kappa shape index (κ1) is 12.6. The second kappa shape index (κ2) is 5.69. The van der Waals surface area contributed by atoms with Crippen molar-refractivity contribution >= 4 is 16.9 Å². The van der Waals surface area contributed by atoms with E-state index in [1.807, 2.05) is 30.3 Å². The van der Waals surface area contributed by atoms with Crippen molar-refractivity contribution in [1.82, 2.24) is 5.32 Å². The summed E-state index contributed by atoms with van der Waals surface area (Å²) in [6.07, 6.45) is 0.